The molecule has 0 aliphatic rings. The predicted molar refractivity (Wildman–Crippen MR) is 143 cm³/mol. The zero-order valence-corrected chi connectivity index (χ0v) is 22.2. The van der Waals surface area contributed by atoms with Crippen molar-refractivity contribution in [2.45, 2.75) is 44.0 Å². The van der Waals surface area contributed by atoms with Crippen molar-refractivity contribution in [2.75, 3.05) is 17.8 Å². The number of carbonyl (C=O) groups excluding carboxylic acids is 1. The lowest BCUT2D eigenvalue weighted by Gasteiger charge is -2.19. The molecule has 188 valence electrons. The van der Waals surface area contributed by atoms with Gasteiger partial charge in [0.25, 0.3) is 0 Å². The van der Waals surface area contributed by atoms with E-state index >= 15 is 0 Å². The van der Waals surface area contributed by atoms with Gasteiger partial charge in [0.1, 0.15) is 5.75 Å². The Labute approximate surface area is 215 Å². The Morgan fingerprint density at radius 1 is 1.06 bits per heavy atom. The number of nitrogens with zero attached hydrogens (tertiary/aromatic N) is 3. The van der Waals surface area contributed by atoms with Gasteiger partial charge < -0.3 is 4.74 Å². The Morgan fingerprint density at radius 3 is 2.50 bits per heavy atom. The highest BCUT2D eigenvalue weighted by Gasteiger charge is 2.23. The van der Waals surface area contributed by atoms with E-state index in [2.05, 4.69) is 24.9 Å². The number of methoxy groups -OCH3 is 1. The van der Waals surface area contributed by atoms with Gasteiger partial charge in [-0.1, -0.05) is 43.4 Å². The summed E-state index contributed by atoms with van der Waals surface area (Å²) in [6, 6.07) is 17.9. The van der Waals surface area contributed by atoms with E-state index < -0.39 is 9.84 Å². The number of amides is 1. The molecule has 0 aliphatic carbocycles. The van der Waals surface area contributed by atoms with Crippen molar-refractivity contribution in [3.63, 3.8) is 0 Å². The molecule has 0 saturated heterocycles. The van der Waals surface area contributed by atoms with Gasteiger partial charge in [0.15, 0.2) is 15.0 Å². The summed E-state index contributed by atoms with van der Waals surface area (Å²) in [6.07, 6.45) is 1.97. The number of pyridine rings is 1. The molecule has 4 rings (SSSR count). The molecule has 0 saturated carbocycles. The number of hydrogen-bond donors (Lipinski definition) is 0. The summed E-state index contributed by atoms with van der Waals surface area (Å²) in [4.78, 5) is 24.5. The van der Waals surface area contributed by atoms with Crippen LogP contribution in [0, 0.1) is 0 Å². The fourth-order valence-corrected chi connectivity index (χ4v) is 6.23. The predicted octanol–water partition coefficient (Wildman–Crippen LogP) is 5.61. The molecule has 0 radical (unpaired) electrons. The Morgan fingerprint density at radius 2 is 1.83 bits per heavy atom. The quantitative estimate of drug-likeness (QED) is 0.268. The van der Waals surface area contributed by atoms with Gasteiger partial charge in [-0.15, -0.1) is 0 Å². The first kappa shape index (κ1) is 25.8. The summed E-state index contributed by atoms with van der Waals surface area (Å²) in [5.74, 6) is 0.577. The molecule has 0 fully saturated rings. The van der Waals surface area contributed by atoms with Crippen molar-refractivity contribution < 1.29 is 17.9 Å². The number of thiazole rings is 1. The second-order valence-electron chi connectivity index (χ2n) is 8.74. The van der Waals surface area contributed by atoms with Crippen LogP contribution in [0.1, 0.15) is 43.9 Å². The molecule has 2 heterocycles. The Hall–Kier alpha value is -3.30. The lowest BCUT2D eigenvalue weighted by atomic mass is 10.0. The third-order valence-corrected chi connectivity index (χ3v) is 8.72. The highest BCUT2D eigenvalue weighted by molar-refractivity contribution is 7.91. The largest absolute Gasteiger partial charge is 0.497 e. The van der Waals surface area contributed by atoms with E-state index in [1.54, 1.807) is 23.2 Å². The van der Waals surface area contributed by atoms with Gasteiger partial charge in [-0.3, -0.25) is 14.7 Å². The lowest BCUT2D eigenvalue weighted by Crippen LogP contribution is -2.30. The average molecular weight is 524 g/mol. The van der Waals surface area contributed by atoms with E-state index in [4.69, 9.17) is 9.72 Å². The van der Waals surface area contributed by atoms with Gasteiger partial charge in [-0.05, 0) is 60.4 Å². The number of rotatable bonds is 10. The summed E-state index contributed by atoms with van der Waals surface area (Å²) in [5, 5.41) is 0.590. The summed E-state index contributed by atoms with van der Waals surface area (Å²) < 4.78 is 31.7. The number of sulfone groups is 1. The smallest absolute Gasteiger partial charge is 0.229 e. The van der Waals surface area contributed by atoms with Gasteiger partial charge >= 0.3 is 0 Å². The number of aromatic nitrogens is 2. The lowest BCUT2D eigenvalue weighted by molar-refractivity contribution is -0.118. The molecule has 4 aromatic rings. The molecule has 36 heavy (non-hydrogen) atoms. The highest BCUT2D eigenvalue weighted by Crippen LogP contribution is 2.34. The number of hydrogen-bond acceptors (Lipinski definition) is 7. The maximum absolute atomic E-state index is 13.4. The van der Waals surface area contributed by atoms with E-state index in [0.29, 0.717) is 16.8 Å². The monoisotopic (exact) mass is 523 g/mol. The van der Waals surface area contributed by atoms with Crippen molar-refractivity contribution in [1.82, 2.24) is 9.97 Å². The molecule has 7 nitrogen and oxygen atoms in total. The number of anilines is 1. The van der Waals surface area contributed by atoms with E-state index in [1.807, 2.05) is 30.3 Å². The van der Waals surface area contributed by atoms with E-state index in [1.165, 1.54) is 30.6 Å². The zero-order valence-electron chi connectivity index (χ0n) is 20.5. The maximum atomic E-state index is 13.4. The van der Waals surface area contributed by atoms with E-state index in [0.717, 1.165) is 21.5 Å². The van der Waals surface area contributed by atoms with Crippen molar-refractivity contribution in [1.29, 1.82) is 0 Å². The topological polar surface area (TPSA) is 89.5 Å². The fourth-order valence-electron chi connectivity index (χ4n) is 3.90. The van der Waals surface area contributed by atoms with Crippen molar-refractivity contribution in [3.05, 3.63) is 78.1 Å². The molecule has 0 unspecified atom stereocenters. The van der Waals surface area contributed by atoms with Crippen molar-refractivity contribution >= 4 is 42.4 Å². The van der Waals surface area contributed by atoms with Gasteiger partial charge in [-0.2, -0.15) is 0 Å². The van der Waals surface area contributed by atoms with Crippen LogP contribution in [0.2, 0.25) is 0 Å². The highest BCUT2D eigenvalue weighted by atomic mass is 32.2. The number of para-hydroxylation sites is 1. The zero-order chi connectivity index (χ0) is 25.7. The first-order chi connectivity index (χ1) is 17.3. The van der Waals surface area contributed by atoms with Crippen LogP contribution >= 0.6 is 11.3 Å². The number of ether oxygens (including phenoxy) is 1. The van der Waals surface area contributed by atoms with Gasteiger partial charge in [0.05, 0.1) is 40.2 Å². The summed E-state index contributed by atoms with van der Waals surface area (Å²) in [5.41, 5.74) is 2.76. The molecule has 2 aromatic heterocycles. The van der Waals surface area contributed by atoms with E-state index in [9.17, 15) is 13.2 Å². The summed E-state index contributed by atoms with van der Waals surface area (Å²) in [6.45, 7) is 4.50. The first-order valence-corrected chi connectivity index (χ1v) is 14.2. The number of carbonyl (C=O) groups is 1. The second-order valence-corrected chi connectivity index (χ2v) is 11.9. The van der Waals surface area contributed by atoms with Crippen LogP contribution in [0.3, 0.4) is 0 Å². The van der Waals surface area contributed by atoms with Crippen molar-refractivity contribution in [2.24, 2.45) is 0 Å². The minimum Gasteiger partial charge on any atom is -0.497 e. The van der Waals surface area contributed by atoms with Crippen molar-refractivity contribution in [3.8, 4) is 5.75 Å². The third-order valence-electron chi connectivity index (χ3n) is 5.86. The van der Waals surface area contributed by atoms with Crippen LogP contribution in [0.15, 0.2) is 71.8 Å². The van der Waals surface area contributed by atoms with Gasteiger partial charge in [0.2, 0.25) is 5.91 Å². The molecule has 0 aliphatic heterocycles. The third kappa shape index (κ3) is 5.91. The molecule has 0 bridgehead atoms. The minimum atomic E-state index is -3.52. The molecule has 2 aromatic carbocycles. The number of benzene rings is 2. The SMILES string of the molecule is COc1ccc(S(=O)(=O)CCCC(=O)N(Cc2ccccn2)c2nc3c(C(C)C)cccc3s2)cc1. The normalized spacial score (nSPS) is 11.7. The molecule has 0 spiro atoms. The van der Waals surface area contributed by atoms with E-state index in [-0.39, 0.29) is 35.9 Å². The van der Waals surface area contributed by atoms with Crippen LogP contribution < -0.4 is 9.64 Å². The standard InChI is InChI=1S/C27H29N3O4S2/c1-19(2)23-9-6-10-24-26(23)29-27(35-24)30(18-20-8-4-5-16-28-20)25(31)11-7-17-36(32,33)22-14-12-21(34-3)13-15-22/h4-6,8-10,12-16,19H,7,11,17-18H2,1-3H3. The average Bonchev–Trinajstić information content (AvgIpc) is 3.31. The molecular formula is C27H29N3O4S2. The fraction of sp³-hybridized carbons (Fsp3) is 0.296. The number of fused-ring (bicyclic) bond motifs is 1. The summed E-state index contributed by atoms with van der Waals surface area (Å²) >= 11 is 1.46. The maximum Gasteiger partial charge on any atom is 0.229 e. The van der Waals surface area contributed by atoms with Crippen LogP contribution in [0.5, 0.6) is 5.75 Å². The van der Waals surface area contributed by atoms with Crippen LogP contribution in [-0.4, -0.2) is 37.2 Å². The molecule has 0 atom stereocenters. The molecule has 1 amide bonds. The molecule has 9 heteroatoms. The Bertz CT molecular complexity index is 1430. The molecule has 0 N–H and O–H groups in total. The first-order valence-electron chi connectivity index (χ1n) is 11.7. The van der Waals surface area contributed by atoms with Crippen LogP contribution in [0.25, 0.3) is 10.2 Å². The summed E-state index contributed by atoms with van der Waals surface area (Å²) in [7, 11) is -1.99. The van der Waals surface area contributed by atoms with Gasteiger partial charge in [-0.25, -0.2) is 13.4 Å². The Balaban J connectivity index is 1.54. The Kier molecular flexibility index (Phi) is 8.01. The second kappa shape index (κ2) is 11.2. The van der Waals surface area contributed by atoms with Gasteiger partial charge in [0, 0.05) is 12.6 Å². The minimum absolute atomic E-state index is 0.0786. The van der Waals surface area contributed by atoms with Crippen LogP contribution in [0.4, 0.5) is 5.13 Å². The molecular weight excluding hydrogens is 494 g/mol. The van der Waals surface area contributed by atoms with Crippen LogP contribution in [-0.2, 0) is 21.2 Å².